The maximum absolute atomic E-state index is 13.6. The number of nitrogens with zero attached hydrogens (tertiary/aromatic N) is 3. The van der Waals surface area contributed by atoms with Gasteiger partial charge < -0.3 is 29.2 Å². The number of carbonyl (C=O) groups is 2. The van der Waals surface area contributed by atoms with Crippen molar-refractivity contribution in [3.63, 3.8) is 0 Å². The van der Waals surface area contributed by atoms with Gasteiger partial charge in [-0.2, -0.15) is 0 Å². The number of methoxy groups -OCH3 is 2. The van der Waals surface area contributed by atoms with Crippen LogP contribution < -0.4 is 10.1 Å². The minimum Gasteiger partial charge on any atom is -0.497 e. The van der Waals surface area contributed by atoms with Crippen molar-refractivity contribution in [2.24, 2.45) is 0 Å². The molecule has 1 aliphatic rings. The first-order chi connectivity index (χ1) is 16.6. The first kappa shape index (κ1) is 23.4. The third-order valence-electron chi connectivity index (χ3n) is 5.99. The molecule has 0 saturated heterocycles. The summed E-state index contributed by atoms with van der Waals surface area (Å²) in [5.41, 5.74) is 2.73. The van der Waals surface area contributed by atoms with E-state index in [1.165, 1.54) is 4.90 Å². The lowest BCUT2D eigenvalue weighted by molar-refractivity contribution is -0.134. The van der Waals surface area contributed by atoms with Crippen LogP contribution in [-0.4, -0.2) is 66.8 Å². The van der Waals surface area contributed by atoms with Crippen molar-refractivity contribution in [1.82, 2.24) is 14.4 Å². The van der Waals surface area contributed by atoms with Gasteiger partial charge in [0.15, 0.2) is 0 Å². The molecule has 3 amide bonds. The van der Waals surface area contributed by atoms with Gasteiger partial charge in [0.2, 0.25) is 5.91 Å². The molecule has 4 rings (SSSR count). The highest BCUT2D eigenvalue weighted by atomic mass is 16.5. The standard InChI is InChI=1S/C26H30N4O4/c1-33-18-17-29(26(32)27-21-10-12-22(34-2)13-11-21)19-24(31)30-16-15-28-14-6-9-23(28)25(30)20-7-4-3-5-8-20/h3-14,25H,15-19H2,1-2H3,(H,27,32). The summed E-state index contributed by atoms with van der Waals surface area (Å²) in [5, 5.41) is 2.87. The topological polar surface area (TPSA) is 76.0 Å². The van der Waals surface area contributed by atoms with Crippen LogP contribution in [0.3, 0.4) is 0 Å². The van der Waals surface area contributed by atoms with Crippen molar-refractivity contribution >= 4 is 17.6 Å². The fourth-order valence-electron chi connectivity index (χ4n) is 4.22. The molecule has 1 atom stereocenters. The summed E-state index contributed by atoms with van der Waals surface area (Å²) in [7, 11) is 3.16. The molecule has 0 spiro atoms. The van der Waals surface area contributed by atoms with Gasteiger partial charge in [-0.1, -0.05) is 30.3 Å². The zero-order valence-electron chi connectivity index (χ0n) is 19.5. The van der Waals surface area contributed by atoms with E-state index in [4.69, 9.17) is 9.47 Å². The Balaban J connectivity index is 1.52. The summed E-state index contributed by atoms with van der Waals surface area (Å²) in [6.45, 7) is 1.86. The highest BCUT2D eigenvalue weighted by molar-refractivity contribution is 5.92. The van der Waals surface area contributed by atoms with E-state index >= 15 is 0 Å². The van der Waals surface area contributed by atoms with Crippen molar-refractivity contribution in [2.45, 2.75) is 12.6 Å². The van der Waals surface area contributed by atoms with Crippen LogP contribution in [-0.2, 0) is 16.1 Å². The molecule has 178 valence electrons. The number of amides is 3. The molecule has 0 bridgehead atoms. The largest absolute Gasteiger partial charge is 0.497 e. The molecule has 0 saturated carbocycles. The number of aromatic nitrogens is 1. The number of hydrogen-bond acceptors (Lipinski definition) is 4. The number of hydrogen-bond donors (Lipinski definition) is 1. The van der Waals surface area contributed by atoms with Gasteiger partial charge in [-0.15, -0.1) is 0 Å². The van der Waals surface area contributed by atoms with Crippen LogP contribution in [0.4, 0.5) is 10.5 Å². The van der Waals surface area contributed by atoms with E-state index in [2.05, 4.69) is 16.0 Å². The average Bonchev–Trinajstić information content (AvgIpc) is 3.35. The van der Waals surface area contributed by atoms with Crippen LogP contribution >= 0.6 is 0 Å². The Labute approximate surface area is 199 Å². The molecule has 0 aliphatic carbocycles. The molecule has 1 aromatic heterocycles. The van der Waals surface area contributed by atoms with E-state index in [1.807, 2.05) is 47.5 Å². The summed E-state index contributed by atoms with van der Waals surface area (Å²) >= 11 is 0. The Morgan fingerprint density at radius 3 is 2.47 bits per heavy atom. The van der Waals surface area contributed by atoms with Crippen LogP contribution in [0.1, 0.15) is 17.3 Å². The van der Waals surface area contributed by atoms with Crippen molar-refractivity contribution in [1.29, 1.82) is 0 Å². The minimum atomic E-state index is -0.354. The van der Waals surface area contributed by atoms with Crippen molar-refractivity contribution in [3.05, 3.63) is 84.2 Å². The first-order valence-corrected chi connectivity index (χ1v) is 11.3. The maximum atomic E-state index is 13.6. The number of urea groups is 1. The Morgan fingerprint density at radius 1 is 1.00 bits per heavy atom. The van der Waals surface area contributed by atoms with Gasteiger partial charge >= 0.3 is 6.03 Å². The lowest BCUT2D eigenvalue weighted by Crippen LogP contribution is -2.49. The molecule has 34 heavy (non-hydrogen) atoms. The van der Waals surface area contributed by atoms with Crippen molar-refractivity contribution in [3.8, 4) is 5.75 Å². The van der Waals surface area contributed by atoms with Crippen LogP contribution in [0.25, 0.3) is 0 Å². The molecule has 3 aromatic rings. The zero-order valence-corrected chi connectivity index (χ0v) is 19.5. The van der Waals surface area contributed by atoms with Gasteiger partial charge in [0, 0.05) is 44.3 Å². The number of anilines is 1. The van der Waals surface area contributed by atoms with E-state index in [-0.39, 0.29) is 24.5 Å². The molecule has 0 fully saturated rings. The molecular formula is C26H30N4O4. The normalized spacial score (nSPS) is 14.9. The smallest absolute Gasteiger partial charge is 0.322 e. The molecule has 1 N–H and O–H groups in total. The highest BCUT2D eigenvalue weighted by Gasteiger charge is 2.33. The molecule has 1 unspecified atom stereocenters. The zero-order chi connectivity index (χ0) is 23.9. The van der Waals surface area contributed by atoms with Crippen molar-refractivity contribution in [2.75, 3.05) is 45.8 Å². The average molecular weight is 463 g/mol. The Bertz CT molecular complexity index is 1100. The molecular weight excluding hydrogens is 432 g/mol. The summed E-state index contributed by atoms with van der Waals surface area (Å²) < 4.78 is 12.5. The van der Waals surface area contributed by atoms with Crippen LogP contribution in [0.15, 0.2) is 72.9 Å². The monoisotopic (exact) mass is 462 g/mol. The molecule has 0 radical (unpaired) electrons. The fraction of sp³-hybridized carbons (Fsp3) is 0.308. The number of rotatable bonds is 8. The Hall–Kier alpha value is -3.78. The maximum Gasteiger partial charge on any atom is 0.322 e. The van der Waals surface area contributed by atoms with E-state index in [9.17, 15) is 9.59 Å². The molecule has 2 aromatic carbocycles. The van der Waals surface area contributed by atoms with Gasteiger partial charge in [-0.3, -0.25) is 4.79 Å². The molecule has 8 nitrogen and oxygen atoms in total. The first-order valence-electron chi connectivity index (χ1n) is 11.3. The van der Waals surface area contributed by atoms with Crippen LogP contribution in [0.2, 0.25) is 0 Å². The lowest BCUT2D eigenvalue weighted by atomic mass is 10.00. The Morgan fingerprint density at radius 2 is 1.76 bits per heavy atom. The SMILES string of the molecule is COCCN(CC(=O)N1CCn2cccc2C1c1ccccc1)C(=O)Nc1ccc(OC)cc1. The van der Waals surface area contributed by atoms with Gasteiger partial charge in [0.1, 0.15) is 12.3 Å². The number of carbonyl (C=O) groups excluding carboxylic acids is 2. The quantitative estimate of drug-likeness (QED) is 0.555. The summed E-state index contributed by atoms with van der Waals surface area (Å²) in [5.74, 6) is 0.591. The Kier molecular flexibility index (Phi) is 7.49. The summed E-state index contributed by atoms with van der Waals surface area (Å²) in [6, 6.07) is 20.6. The van der Waals surface area contributed by atoms with E-state index in [0.717, 1.165) is 11.3 Å². The molecule has 8 heteroatoms. The second-order valence-corrected chi connectivity index (χ2v) is 8.10. The van der Waals surface area contributed by atoms with E-state index in [1.54, 1.807) is 38.5 Å². The summed E-state index contributed by atoms with van der Waals surface area (Å²) in [6.07, 6.45) is 2.04. The predicted octanol–water partition coefficient (Wildman–Crippen LogP) is 3.61. The van der Waals surface area contributed by atoms with Gasteiger partial charge in [0.25, 0.3) is 0 Å². The summed E-state index contributed by atoms with van der Waals surface area (Å²) in [4.78, 5) is 30.0. The van der Waals surface area contributed by atoms with E-state index in [0.29, 0.717) is 37.7 Å². The van der Waals surface area contributed by atoms with Crippen molar-refractivity contribution < 1.29 is 19.1 Å². The second kappa shape index (κ2) is 10.9. The predicted molar refractivity (Wildman–Crippen MR) is 130 cm³/mol. The fourth-order valence-corrected chi connectivity index (χ4v) is 4.22. The highest BCUT2D eigenvalue weighted by Crippen LogP contribution is 2.32. The van der Waals surface area contributed by atoms with Crippen LogP contribution in [0.5, 0.6) is 5.75 Å². The number of fused-ring (bicyclic) bond motifs is 1. The van der Waals surface area contributed by atoms with Gasteiger partial charge in [-0.05, 0) is 42.0 Å². The van der Waals surface area contributed by atoms with E-state index < -0.39 is 0 Å². The number of ether oxygens (including phenoxy) is 2. The molecule has 1 aliphatic heterocycles. The third kappa shape index (κ3) is 5.23. The molecule has 2 heterocycles. The lowest BCUT2D eigenvalue weighted by Gasteiger charge is -2.38. The minimum absolute atomic E-state index is 0.0462. The second-order valence-electron chi connectivity index (χ2n) is 8.10. The van der Waals surface area contributed by atoms with Crippen LogP contribution in [0, 0.1) is 0 Å². The number of nitrogens with one attached hydrogen (secondary N) is 1. The number of benzene rings is 2. The van der Waals surface area contributed by atoms with Gasteiger partial charge in [-0.25, -0.2) is 4.79 Å². The van der Waals surface area contributed by atoms with Gasteiger partial charge in [0.05, 0.1) is 19.8 Å². The third-order valence-corrected chi connectivity index (χ3v) is 5.99.